The minimum Gasteiger partial charge on any atom is -0.457 e. The minimum absolute atomic E-state index is 0.125. The third-order valence-electron chi connectivity index (χ3n) is 4.62. The fourth-order valence-corrected chi connectivity index (χ4v) is 4.33. The van der Waals surface area contributed by atoms with Gasteiger partial charge in [0, 0.05) is 24.1 Å². The maximum atomic E-state index is 9.37. The number of aromatic nitrogens is 4. The van der Waals surface area contributed by atoms with Gasteiger partial charge in [0.15, 0.2) is 10.9 Å². The molecule has 0 unspecified atom stereocenters. The van der Waals surface area contributed by atoms with Gasteiger partial charge in [0.05, 0.1) is 24.3 Å². The van der Waals surface area contributed by atoms with Crippen molar-refractivity contribution in [2.75, 3.05) is 5.75 Å². The van der Waals surface area contributed by atoms with Crippen molar-refractivity contribution in [2.45, 2.75) is 24.9 Å². The number of hydrogen-bond donors (Lipinski definition) is 1. The number of hydrogen-bond acceptors (Lipinski definition) is 5. The highest BCUT2D eigenvalue weighted by molar-refractivity contribution is 7.99. The first kappa shape index (κ1) is 16.4. The van der Waals surface area contributed by atoms with Crippen LogP contribution in [0.5, 0.6) is 0 Å². The first-order valence-corrected chi connectivity index (χ1v) is 9.80. The summed E-state index contributed by atoms with van der Waals surface area (Å²) in [7, 11) is 0. The van der Waals surface area contributed by atoms with Crippen LogP contribution in [-0.2, 0) is 19.7 Å². The molecule has 0 amide bonds. The number of thioether (sulfide) groups is 1. The molecule has 0 bridgehead atoms. The summed E-state index contributed by atoms with van der Waals surface area (Å²) < 4.78 is 10.1. The number of nitrogens with zero attached hydrogens (tertiary/aromatic N) is 4. The van der Waals surface area contributed by atoms with E-state index in [0.29, 0.717) is 18.1 Å². The molecule has 5 rings (SSSR count). The highest BCUT2D eigenvalue weighted by atomic mass is 32.2. The van der Waals surface area contributed by atoms with Crippen LogP contribution in [-0.4, -0.2) is 30.0 Å². The molecule has 0 radical (unpaired) electrons. The molecule has 4 heterocycles. The molecule has 27 heavy (non-hydrogen) atoms. The summed E-state index contributed by atoms with van der Waals surface area (Å²) in [6.07, 6.45) is 3.94. The second-order valence-electron chi connectivity index (χ2n) is 6.42. The van der Waals surface area contributed by atoms with Crippen LogP contribution in [0.1, 0.15) is 11.5 Å². The van der Waals surface area contributed by atoms with Gasteiger partial charge in [-0.05, 0) is 12.1 Å². The molecular weight excluding hydrogens is 360 g/mol. The quantitative estimate of drug-likeness (QED) is 0.574. The summed E-state index contributed by atoms with van der Waals surface area (Å²) >= 11 is 1.79. The molecule has 3 aromatic heterocycles. The molecule has 1 aliphatic rings. The van der Waals surface area contributed by atoms with E-state index in [1.54, 1.807) is 17.8 Å². The monoisotopic (exact) mass is 378 g/mol. The first-order chi connectivity index (χ1) is 13.3. The van der Waals surface area contributed by atoms with Crippen molar-refractivity contribution >= 4 is 11.8 Å². The van der Waals surface area contributed by atoms with Gasteiger partial charge in [0.1, 0.15) is 18.1 Å². The third-order valence-corrected chi connectivity index (χ3v) is 5.59. The average Bonchev–Trinajstić information content (AvgIpc) is 3.45. The summed E-state index contributed by atoms with van der Waals surface area (Å²) in [5.41, 5.74) is 3.78. The smallest absolute Gasteiger partial charge is 0.168 e. The highest BCUT2D eigenvalue weighted by Gasteiger charge is 2.20. The molecule has 0 spiro atoms. The van der Waals surface area contributed by atoms with E-state index >= 15 is 0 Å². The molecule has 136 valence electrons. The molecule has 7 heteroatoms. The fourth-order valence-electron chi connectivity index (χ4n) is 3.37. The van der Waals surface area contributed by atoms with E-state index in [9.17, 15) is 5.11 Å². The summed E-state index contributed by atoms with van der Waals surface area (Å²) in [6, 6.07) is 13.7. The molecule has 1 aromatic carbocycles. The largest absolute Gasteiger partial charge is 0.457 e. The Kier molecular flexibility index (Phi) is 4.10. The van der Waals surface area contributed by atoms with Crippen molar-refractivity contribution in [1.29, 1.82) is 0 Å². The van der Waals surface area contributed by atoms with E-state index in [0.717, 1.165) is 40.1 Å². The van der Waals surface area contributed by atoms with Crippen LogP contribution in [0.25, 0.3) is 22.7 Å². The summed E-state index contributed by atoms with van der Waals surface area (Å²) in [5, 5.41) is 10.5. The van der Waals surface area contributed by atoms with E-state index in [1.807, 2.05) is 42.7 Å². The molecular formula is C20H18N4O2S. The molecule has 0 saturated carbocycles. The number of rotatable bonds is 5. The number of aliphatic hydroxyl groups is 1. The van der Waals surface area contributed by atoms with E-state index in [1.165, 1.54) is 0 Å². The van der Waals surface area contributed by atoms with Crippen molar-refractivity contribution in [3.8, 4) is 22.7 Å². The Hall–Kier alpha value is -2.77. The normalized spacial score (nSPS) is 13.2. The zero-order valence-corrected chi connectivity index (χ0v) is 15.4. The summed E-state index contributed by atoms with van der Waals surface area (Å²) in [6.45, 7) is 1.50. The molecule has 1 aliphatic heterocycles. The Morgan fingerprint density at radius 3 is 2.81 bits per heavy atom. The molecule has 4 aromatic rings. The molecule has 0 saturated heterocycles. The molecule has 1 N–H and O–H groups in total. The Bertz CT molecular complexity index is 1060. The third kappa shape index (κ3) is 2.98. The predicted octanol–water partition coefficient (Wildman–Crippen LogP) is 3.65. The fraction of sp³-hybridized carbons (Fsp3) is 0.200. The molecule has 0 fully saturated rings. The summed E-state index contributed by atoms with van der Waals surface area (Å²) in [5.74, 6) is 2.32. The lowest BCUT2D eigenvalue weighted by molar-refractivity contribution is 0.248. The number of furan rings is 1. The van der Waals surface area contributed by atoms with Crippen LogP contribution in [0.15, 0.2) is 64.6 Å². The molecule has 0 aliphatic carbocycles. The minimum atomic E-state index is -0.125. The van der Waals surface area contributed by atoms with Crippen molar-refractivity contribution < 1.29 is 9.52 Å². The van der Waals surface area contributed by atoms with Crippen molar-refractivity contribution in [2.24, 2.45) is 0 Å². The predicted molar refractivity (Wildman–Crippen MR) is 103 cm³/mol. The van der Waals surface area contributed by atoms with Crippen LogP contribution in [0, 0.1) is 0 Å². The first-order valence-electron chi connectivity index (χ1n) is 8.81. The van der Waals surface area contributed by atoms with Crippen LogP contribution in [0.4, 0.5) is 0 Å². The number of benzene rings is 1. The van der Waals surface area contributed by atoms with Crippen LogP contribution in [0.3, 0.4) is 0 Å². The second kappa shape index (κ2) is 6.75. The maximum absolute atomic E-state index is 9.37. The van der Waals surface area contributed by atoms with Crippen LogP contribution in [0.2, 0.25) is 0 Å². The zero-order chi connectivity index (χ0) is 18.2. The van der Waals surface area contributed by atoms with Gasteiger partial charge in [-0.3, -0.25) is 0 Å². The standard InChI is InChI=1S/C20H18N4O2S/c25-12-16-6-7-17(26-16)19-18(14-4-2-1-3-5-14)21-13-24(19)11-15-10-23-8-9-27-20(23)22-15/h1-7,10,13,25H,8-9,11-12H2. The lowest BCUT2D eigenvalue weighted by Gasteiger charge is -2.07. The van der Waals surface area contributed by atoms with E-state index < -0.39 is 0 Å². The average molecular weight is 378 g/mol. The maximum Gasteiger partial charge on any atom is 0.168 e. The van der Waals surface area contributed by atoms with Crippen LogP contribution < -0.4 is 0 Å². The van der Waals surface area contributed by atoms with Gasteiger partial charge in [0.25, 0.3) is 0 Å². The highest BCUT2D eigenvalue weighted by Crippen LogP contribution is 2.33. The van der Waals surface area contributed by atoms with Crippen molar-refractivity contribution in [3.05, 3.63) is 66.4 Å². The Labute approximate surface area is 160 Å². The van der Waals surface area contributed by atoms with Gasteiger partial charge >= 0.3 is 0 Å². The number of imidazole rings is 2. The van der Waals surface area contributed by atoms with Crippen molar-refractivity contribution in [1.82, 2.24) is 19.1 Å². The zero-order valence-electron chi connectivity index (χ0n) is 14.6. The number of fused-ring (bicyclic) bond motifs is 1. The topological polar surface area (TPSA) is 69.0 Å². The Morgan fingerprint density at radius 1 is 1.15 bits per heavy atom. The Morgan fingerprint density at radius 2 is 2.04 bits per heavy atom. The van der Waals surface area contributed by atoms with Gasteiger partial charge < -0.3 is 18.7 Å². The van der Waals surface area contributed by atoms with Gasteiger partial charge in [-0.25, -0.2) is 9.97 Å². The van der Waals surface area contributed by atoms with Gasteiger partial charge in [-0.2, -0.15) is 0 Å². The van der Waals surface area contributed by atoms with E-state index in [2.05, 4.69) is 20.3 Å². The number of aliphatic hydroxyl groups excluding tert-OH is 1. The van der Waals surface area contributed by atoms with Gasteiger partial charge in [0.2, 0.25) is 0 Å². The molecule has 0 atom stereocenters. The lowest BCUT2D eigenvalue weighted by Crippen LogP contribution is -2.01. The van der Waals surface area contributed by atoms with E-state index in [4.69, 9.17) is 9.40 Å². The lowest BCUT2D eigenvalue weighted by atomic mass is 10.1. The molecule has 6 nitrogen and oxygen atoms in total. The van der Waals surface area contributed by atoms with Crippen molar-refractivity contribution in [3.63, 3.8) is 0 Å². The van der Waals surface area contributed by atoms with Crippen LogP contribution >= 0.6 is 11.8 Å². The SMILES string of the molecule is OCc1ccc(-c2c(-c3ccccc3)ncn2Cc2cn3c(n2)SCC3)o1. The summed E-state index contributed by atoms with van der Waals surface area (Å²) in [4.78, 5) is 9.39. The van der Waals surface area contributed by atoms with Gasteiger partial charge in [-0.15, -0.1) is 0 Å². The van der Waals surface area contributed by atoms with Gasteiger partial charge in [-0.1, -0.05) is 42.1 Å². The number of aryl methyl sites for hydroxylation is 1. The van der Waals surface area contributed by atoms with E-state index in [-0.39, 0.29) is 6.61 Å². The Balaban J connectivity index is 1.58. The second-order valence-corrected chi connectivity index (χ2v) is 7.48.